The van der Waals surface area contributed by atoms with E-state index in [1.807, 2.05) is 48.7 Å². The lowest BCUT2D eigenvalue weighted by atomic mass is 10.1. The molecule has 10 heteroatoms. The molecule has 1 amide bonds. The molecule has 0 saturated heterocycles. The number of non-ortho nitro benzene ring substituents is 1. The number of aryl methyl sites for hydroxylation is 2. The van der Waals surface area contributed by atoms with Gasteiger partial charge in [0.25, 0.3) is 11.6 Å². The summed E-state index contributed by atoms with van der Waals surface area (Å²) in [6, 6.07) is 23.2. The molecule has 0 aliphatic carbocycles. The van der Waals surface area contributed by atoms with Gasteiger partial charge in [0.05, 0.1) is 16.8 Å². The van der Waals surface area contributed by atoms with Crippen molar-refractivity contribution in [1.29, 1.82) is 0 Å². The normalized spacial score (nSPS) is 11.0. The van der Waals surface area contributed by atoms with Crippen LogP contribution in [-0.2, 0) is 0 Å². The van der Waals surface area contributed by atoms with Gasteiger partial charge in [0.2, 0.25) is 0 Å². The highest BCUT2D eigenvalue weighted by molar-refractivity contribution is 7.14. The summed E-state index contributed by atoms with van der Waals surface area (Å²) in [4.78, 5) is 27.7. The Morgan fingerprint density at radius 2 is 1.79 bits per heavy atom. The van der Waals surface area contributed by atoms with Crippen LogP contribution >= 0.6 is 11.3 Å². The zero-order valence-corrected chi connectivity index (χ0v) is 21.9. The number of benzene rings is 3. The maximum Gasteiger partial charge on any atom is 0.271 e. The number of nitro groups is 1. The van der Waals surface area contributed by atoms with Crippen molar-refractivity contribution in [2.75, 3.05) is 5.32 Å². The number of rotatable bonds is 8. The minimum absolute atomic E-state index is 0.0202. The second-order valence-electron chi connectivity index (χ2n) is 8.76. The second kappa shape index (κ2) is 11.1. The third-order valence-corrected chi connectivity index (χ3v) is 6.68. The minimum Gasteiger partial charge on any atom is -0.455 e. The molecule has 0 unspecified atom stereocenters. The largest absolute Gasteiger partial charge is 0.455 e. The second-order valence-corrected chi connectivity index (χ2v) is 9.62. The van der Waals surface area contributed by atoms with Gasteiger partial charge in [-0.25, -0.2) is 10.4 Å². The zero-order chi connectivity index (χ0) is 27.4. The SMILES string of the molecule is Cc1ccc(Nc2nc(-c3ccc(C(=O)N/N=C\c4ccc(-c5ccc([N+](=O)[O-])cc5C)o4)cc3)cs2)cc1. The van der Waals surface area contributed by atoms with Crippen molar-refractivity contribution >= 4 is 40.0 Å². The number of hydrogen-bond donors (Lipinski definition) is 2. The van der Waals surface area contributed by atoms with Crippen LogP contribution in [0.3, 0.4) is 0 Å². The van der Waals surface area contributed by atoms with Crippen molar-refractivity contribution in [3.63, 3.8) is 0 Å². The Bertz CT molecular complexity index is 1670. The predicted molar refractivity (Wildman–Crippen MR) is 153 cm³/mol. The molecule has 0 saturated carbocycles. The molecule has 39 heavy (non-hydrogen) atoms. The van der Waals surface area contributed by atoms with Gasteiger partial charge in [-0.05, 0) is 61.9 Å². The highest BCUT2D eigenvalue weighted by Crippen LogP contribution is 2.29. The highest BCUT2D eigenvalue weighted by Gasteiger charge is 2.12. The van der Waals surface area contributed by atoms with E-state index >= 15 is 0 Å². The van der Waals surface area contributed by atoms with Gasteiger partial charge in [-0.15, -0.1) is 11.3 Å². The number of hydrogen-bond acceptors (Lipinski definition) is 8. The quantitative estimate of drug-likeness (QED) is 0.124. The van der Waals surface area contributed by atoms with Crippen LogP contribution in [0.4, 0.5) is 16.5 Å². The lowest BCUT2D eigenvalue weighted by Gasteiger charge is -2.03. The first-order valence-corrected chi connectivity index (χ1v) is 12.8. The fraction of sp³-hybridized carbons (Fsp3) is 0.0690. The summed E-state index contributed by atoms with van der Waals surface area (Å²) in [6.45, 7) is 3.82. The molecule has 0 atom stereocenters. The van der Waals surface area contributed by atoms with E-state index < -0.39 is 4.92 Å². The molecule has 9 nitrogen and oxygen atoms in total. The van der Waals surface area contributed by atoms with Crippen LogP contribution < -0.4 is 10.7 Å². The van der Waals surface area contributed by atoms with Gasteiger partial charge in [0, 0.05) is 39.9 Å². The Labute approximate surface area is 228 Å². The van der Waals surface area contributed by atoms with Crippen molar-refractivity contribution < 1.29 is 14.1 Å². The molecule has 2 N–H and O–H groups in total. The first-order chi connectivity index (χ1) is 18.9. The zero-order valence-electron chi connectivity index (χ0n) is 21.0. The van der Waals surface area contributed by atoms with Crippen LogP contribution in [0.25, 0.3) is 22.6 Å². The van der Waals surface area contributed by atoms with Crippen molar-refractivity contribution in [3.8, 4) is 22.6 Å². The third-order valence-electron chi connectivity index (χ3n) is 5.92. The Balaban J connectivity index is 1.18. The van der Waals surface area contributed by atoms with Crippen LogP contribution in [0.15, 0.2) is 93.8 Å². The van der Waals surface area contributed by atoms with Gasteiger partial charge in [-0.2, -0.15) is 5.10 Å². The van der Waals surface area contributed by atoms with E-state index in [2.05, 4.69) is 20.8 Å². The summed E-state index contributed by atoms with van der Waals surface area (Å²) in [5.74, 6) is 0.609. The fourth-order valence-corrected chi connectivity index (χ4v) is 4.58. The number of carbonyl (C=O) groups is 1. The van der Waals surface area contributed by atoms with Gasteiger partial charge in [-0.1, -0.05) is 29.8 Å². The monoisotopic (exact) mass is 537 g/mol. The van der Waals surface area contributed by atoms with E-state index in [0.717, 1.165) is 33.2 Å². The number of anilines is 2. The summed E-state index contributed by atoms with van der Waals surface area (Å²) in [5, 5.41) is 21.0. The lowest BCUT2D eigenvalue weighted by Crippen LogP contribution is -2.17. The molecule has 0 bridgehead atoms. The summed E-state index contributed by atoms with van der Waals surface area (Å²) >= 11 is 1.51. The van der Waals surface area contributed by atoms with Gasteiger partial charge >= 0.3 is 0 Å². The molecule has 2 aromatic heterocycles. The summed E-state index contributed by atoms with van der Waals surface area (Å²) in [5.41, 5.74) is 8.30. The number of nitro benzene ring substituents is 1. The molecule has 0 aliphatic rings. The van der Waals surface area contributed by atoms with Crippen LogP contribution in [0, 0.1) is 24.0 Å². The Hall–Kier alpha value is -5.09. The number of furan rings is 1. The van der Waals surface area contributed by atoms with Crippen LogP contribution in [0.5, 0.6) is 0 Å². The molecular weight excluding hydrogens is 514 g/mol. The smallest absolute Gasteiger partial charge is 0.271 e. The van der Waals surface area contributed by atoms with Gasteiger partial charge in [0.1, 0.15) is 11.5 Å². The number of amides is 1. The van der Waals surface area contributed by atoms with Gasteiger partial charge < -0.3 is 9.73 Å². The predicted octanol–water partition coefficient (Wildman–Crippen LogP) is 7.10. The minimum atomic E-state index is -0.437. The van der Waals surface area contributed by atoms with Gasteiger partial charge in [-0.3, -0.25) is 14.9 Å². The highest BCUT2D eigenvalue weighted by atomic mass is 32.1. The number of nitrogens with zero attached hydrogens (tertiary/aromatic N) is 3. The van der Waals surface area contributed by atoms with Crippen molar-refractivity contribution in [3.05, 3.63) is 117 Å². The maximum atomic E-state index is 12.5. The average Bonchev–Trinajstić information content (AvgIpc) is 3.60. The Morgan fingerprint density at radius 1 is 1.03 bits per heavy atom. The molecule has 0 spiro atoms. The molecule has 0 aliphatic heterocycles. The van der Waals surface area contributed by atoms with Gasteiger partial charge in [0.15, 0.2) is 5.13 Å². The van der Waals surface area contributed by atoms with Crippen LogP contribution in [0.1, 0.15) is 27.2 Å². The first kappa shape index (κ1) is 25.6. The van der Waals surface area contributed by atoms with Crippen molar-refractivity contribution in [2.24, 2.45) is 5.10 Å². The van der Waals surface area contributed by atoms with E-state index in [-0.39, 0.29) is 11.6 Å². The standard InChI is InChI=1S/C29H23N5O4S/c1-18-3-9-22(10-4-18)31-29-32-26(17-39-29)20-5-7-21(8-6-20)28(35)33-30-16-24-12-14-27(38-24)25-13-11-23(34(36)37)15-19(25)2/h3-17H,1-2H3,(H,31,32)(H,33,35)/b30-16-. The van der Waals surface area contributed by atoms with Crippen molar-refractivity contribution in [1.82, 2.24) is 10.4 Å². The lowest BCUT2D eigenvalue weighted by molar-refractivity contribution is -0.384. The topological polar surface area (TPSA) is 123 Å². The molecule has 2 heterocycles. The van der Waals surface area contributed by atoms with Crippen molar-refractivity contribution in [2.45, 2.75) is 13.8 Å². The maximum absolute atomic E-state index is 12.5. The summed E-state index contributed by atoms with van der Waals surface area (Å²) < 4.78 is 5.77. The Kier molecular flexibility index (Phi) is 7.28. The van der Waals surface area contributed by atoms with E-state index in [0.29, 0.717) is 17.1 Å². The first-order valence-electron chi connectivity index (χ1n) is 11.9. The van der Waals surface area contributed by atoms with E-state index in [9.17, 15) is 14.9 Å². The van der Waals surface area contributed by atoms with E-state index in [1.165, 1.54) is 35.2 Å². The number of nitrogens with one attached hydrogen (secondary N) is 2. The average molecular weight is 538 g/mol. The fourth-order valence-electron chi connectivity index (χ4n) is 3.84. The molecule has 5 aromatic rings. The number of hydrazone groups is 1. The molecule has 194 valence electrons. The number of aromatic nitrogens is 1. The van der Waals surface area contributed by atoms with Crippen LogP contribution in [0.2, 0.25) is 0 Å². The molecule has 5 rings (SSSR count). The summed E-state index contributed by atoms with van der Waals surface area (Å²) in [6.07, 6.45) is 1.40. The third kappa shape index (κ3) is 6.08. The number of thiazole rings is 1. The molecule has 0 fully saturated rings. The molecular formula is C29H23N5O4S. The van der Waals surface area contributed by atoms with Crippen LogP contribution in [-0.4, -0.2) is 22.0 Å². The Morgan fingerprint density at radius 3 is 2.51 bits per heavy atom. The summed E-state index contributed by atoms with van der Waals surface area (Å²) in [7, 11) is 0. The molecule has 3 aromatic carbocycles. The number of carbonyl (C=O) groups excluding carboxylic acids is 1. The molecule has 0 radical (unpaired) electrons. The van der Waals surface area contributed by atoms with E-state index in [1.54, 1.807) is 37.3 Å². The van der Waals surface area contributed by atoms with E-state index in [4.69, 9.17) is 4.42 Å².